The number of piperidine rings is 1. The molecule has 2 unspecified atom stereocenters. The van der Waals surface area contributed by atoms with Gasteiger partial charge in [-0.15, -0.1) is 0 Å². The Kier molecular flexibility index (Phi) is 4.69. The number of amides is 1. The van der Waals surface area contributed by atoms with Gasteiger partial charge in [0.15, 0.2) is 0 Å². The number of halogens is 4. The summed E-state index contributed by atoms with van der Waals surface area (Å²) in [6.07, 6.45) is -0.763. The summed E-state index contributed by atoms with van der Waals surface area (Å²) in [5.74, 6) is 0.287. The van der Waals surface area contributed by atoms with Crippen LogP contribution in [0.3, 0.4) is 0 Å². The van der Waals surface area contributed by atoms with Gasteiger partial charge in [0.25, 0.3) is 0 Å². The summed E-state index contributed by atoms with van der Waals surface area (Å²) in [4.78, 5) is 17.8. The average molecular weight is 424 g/mol. The molecule has 4 aliphatic rings. The first-order valence-electron chi connectivity index (χ1n) is 11.1. The van der Waals surface area contributed by atoms with Crippen molar-refractivity contribution in [1.29, 1.82) is 0 Å². The van der Waals surface area contributed by atoms with Crippen LogP contribution in [0.5, 0.6) is 0 Å². The number of benzene rings is 1. The van der Waals surface area contributed by atoms with E-state index in [0.29, 0.717) is 30.9 Å². The third kappa shape index (κ3) is 3.07. The molecule has 30 heavy (non-hydrogen) atoms. The topological polar surface area (TPSA) is 23.6 Å². The SMILES string of the molecule is CC1C2Cc3ccc(C(F)(F)F)cc3CN2C(=O)[C@]12CC[C@@H](N1CCC(F)CC1)C2. The highest BCUT2D eigenvalue weighted by atomic mass is 19.4. The largest absolute Gasteiger partial charge is 0.416 e. The average Bonchev–Trinajstić information content (AvgIpc) is 3.24. The lowest BCUT2D eigenvalue weighted by Crippen LogP contribution is -2.42. The normalized spacial score (nSPS) is 35.2. The maximum absolute atomic E-state index is 13.6. The fourth-order valence-electron chi connectivity index (χ4n) is 6.50. The summed E-state index contributed by atoms with van der Waals surface area (Å²) in [7, 11) is 0. The first-order chi connectivity index (χ1) is 14.2. The molecule has 164 valence electrons. The predicted molar refractivity (Wildman–Crippen MR) is 104 cm³/mol. The van der Waals surface area contributed by atoms with Gasteiger partial charge in [-0.05, 0) is 67.7 Å². The zero-order valence-electron chi connectivity index (χ0n) is 17.2. The molecule has 3 nitrogen and oxygen atoms in total. The van der Waals surface area contributed by atoms with Crippen molar-refractivity contribution in [3.05, 3.63) is 34.9 Å². The molecule has 0 radical (unpaired) electrons. The Morgan fingerprint density at radius 3 is 2.53 bits per heavy atom. The number of carbonyl (C=O) groups excluding carboxylic acids is 1. The van der Waals surface area contributed by atoms with Crippen molar-refractivity contribution >= 4 is 5.91 Å². The minimum Gasteiger partial charge on any atom is -0.334 e. The second-order valence-electron chi connectivity index (χ2n) is 9.74. The van der Waals surface area contributed by atoms with Crippen LogP contribution in [0, 0.1) is 11.3 Å². The number of fused-ring (bicyclic) bond motifs is 2. The lowest BCUT2D eigenvalue weighted by Gasteiger charge is -2.35. The van der Waals surface area contributed by atoms with Crippen molar-refractivity contribution in [2.45, 2.75) is 76.4 Å². The Morgan fingerprint density at radius 2 is 1.83 bits per heavy atom. The van der Waals surface area contributed by atoms with E-state index in [2.05, 4.69) is 11.8 Å². The van der Waals surface area contributed by atoms with Crippen LogP contribution in [0.2, 0.25) is 0 Å². The van der Waals surface area contributed by atoms with Crippen molar-refractivity contribution in [1.82, 2.24) is 9.80 Å². The molecule has 1 aromatic carbocycles. The van der Waals surface area contributed by atoms with Crippen LogP contribution in [0.15, 0.2) is 18.2 Å². The Hall–Kier alpha value is -1.63. The van der Waals surface area contributed by atoms with E-state index < -0.39 is 23.3 Å². The van der Waals surface area contributed by atoms with Gasteiger partial charge in [0.2, 0.25) is 5.91 Å². The Balaban J connectivity index is 1.37. The number of nitrogens with zero attached hydrogens (tertiary/aromatic N) is 2. The number of hydrogen-bond acceptors (Lipinski definition) is 2. The summed E-state index contributed by atoms with van der Waals surface area (Å²) in [6.45, 7) is 3.92. The highest BCUT2D eigenvalue weighted by Crippen LogP contribution is 2.55. The van der Waals surface area contributed by atoms with Crippen LogP contribution in [0.25, 0.3) is 0 Å². The monoisotopic (exact) mass is 424 g/mol. The van der Waals surface area contributed by atoms with E-state index >= 15 is 0 Å². The Labute approximate surface area is 174 Å². The highest BCUT2D eigenvalue weighted by Gasteiger charge is 2.60. The van der Waals surface area contributed by atoms with Crippen LogP contribution in [-0.2, 0) is 23.9 Å². The molecule has 0 bridgehead atoms. The molecule has 5 rings (SSSR count). The van der Waals surface area contributed by atoms with E-state index in [1.807, 2.05) is 4.90 Å². The van der Waals surface area contributed by atoms with E-state index in [1.54, 1.807) is 6.07 Å². The smallest absolute Gasteiger partial charge is 0.334 e. The molecule has 7 heteroatoms. The number of likely N-dealkylation sites (tertiary alicyclic amines) is 1. The van der Waals surface area contributed by atoms with Gasteiger partial charge in [0.1, 0.15) is 6.17 Å². The summed E-state index contributed by atoms with van der Waals surface area (Å²) in [6, 6.07) is 4.33. The number of hydrogen-bond donors (Lipinski definition) is 0. The van der Waals surface area contributed by atoms with E-state index in [9.17, 15) is 22.4 Å². The minimum atomic E-state index is -4.37. The Morgan fingerprint density at radius 1 is 1.10 bits per heavy atom. The third-order valence-electron chi connectivity index (χ3n) is 8.34. The zero-order chi connectivity index (χ0) is 21.3. The molecule has 1 amide bonds. The molecule has 3 heterocycles. The van der Waals surface area contributed by atoms with E-state index in [1.165, 1.54) is 6.07 Å². The van der Waals surface area contributed by atoms with Crippen LogP contribution >= 0.6 is 0 Å². The molecule has 1 aliphatic carbocycles. The van der Waals surface area contributed by atoms with Gasteiger partial charge in [-0.2, -0.15) is 13.2 Å². The predicted octanol–water partition coefficient (Wildman–Crippen LogP) is 4.58. The standard InChI is InChI=1S/C23H28F4N2O/c1-14-20-11-15-2-3-17(23(25,26)27)10-16(15)13-29(20)21(30)22(14)7-4-19(12-22)28-8-5-18(24)6-9-28/h2-3,10,14,18-20H,4-9,11-13H2,1H3/t14?,19-,20?,22+/m1/s1. The van der Waals surface area contributed by atoms with Gasteiger partial charge < -0.3 is 9.80 Å². The van der Waals surface area contributed by atoms with Crippen molar-refractivity contribution in [2.24, 2.45) is 11.3 Å². The third-order valence-corrected chi connectivity index (χ3v) is 8.34. The minimum absolute atomic E-state index is 0.0528. The van der Waals surface area contributed by atoms with Gasteiger partial charge in [0, 0.05) is 31.7 Å². The van der Waals surface area contributed by atoms with Crippen molar-refractivity contribution in [2.75, 3.05) is 13.1 Å². The van der Waals surface area contributed by atoms with Crippen LogP contribution in [-0.4, -0.2) is 47.1 Å². The summed E-state index contributed by atoms with van der Waals surface area (Å²) < 4.78 is 53.0. The van der Waals surface area contributed by atoms with Crippen LogP contribution in [0.1, 0.15) is 55.7 Å². The van der Waals surface area contributed by atoms with Crippen LogP contribution in [0.4, 0.5) is 17.6 Å². The molecular weight excluding hydrogens is 396 g/mol. The molecule has 3 fully saturated rings. The highest BCUT2D eigenvalue weighted by molar-refractivity contribution is 5.87. The summed E-state index contributed by atoms with van der Waals surface area (Å²) in [5.41, 5.74) is 0.488. The number of carbonyl (C=O) groups is 1. The summed E-state index contributed by atoms with van der Waals surface area (Å²) >= 11 is 0. The molecule has 1 aromatic rings. The first kappa shape index (κ1) is 20.3. The quantitative estimate of drug-likeness (QED) is 0.616. The summed E-state index contributed by atoms with van der Waals surface area (Å²) in [5, 5.41) is 0. The lowest BCUT2D eigenvalue weighted by atomic mass is 9.73. The number of rotatable bonds is 1. The van der Waals surface area contributed by atoms with E-state index in [0.717, 1.165) is 44.0 Å². The molecule has 1 spiro atoms. The molecule has 2 saturated heterocycles. The second kappa shape index (κ2) is 6.94. The zero-order valence-corrected chi connectivity index (χ0v) is 17.2. The molecule has 1 saturated carbocycles. The maximum atomic E-state index is 13.6. The van der Waals surface area contributed by atoms with E-state index in [4.69, 9.17) is 0 Å². The molecule has 0 N–H and O–H groups in total. The Bertz CT molecular complexity index is 848. The van der Waals surface area contributed by atoms with Gasteiger partial charge in [-0.25, -0.2) is 4.39 Å². The molecule has 0 aromatic heterocycles. The molecule has 3 aliphatic heterocycles. The van der Waals surface area contributed by atoms with Crippen molar-refractivity contribution in [3.8, 4) is 0 Å². The van der Waals surface area contributed by atoms with Crippen molar-refractivity contribution < 1.29 is 22.4 Å². The van der Waals surface area contributed by atoms with Gasteiger partial charge >= 0.3 is 6.18 Å². The number of alkyl halides is 4. The lowest BCUT2D eigenvalue weighted by molar-refractivity contribution is -0.138. The van der Waals surface area contributed by atoms with Gasteiger partial charge in [0.05, 0.1) is 11.0 Å². The second-order valence-corrected chi connectivity index (χ2v) is 9.74. The first-order valence-corrected chi connectivity index (χ1v) is 11.1. The van der Waals surface area contributed by atoms with Crippen molar-refractivity contribution in [3.63, 3.8) is 0 Å². The van der Waals surface area contributed by atoms with E-state index in [-0.39, 0.29) is 24.4 Å². The fourth-order valence-corrected chi connectivity index (χ4v) is 6.50. The maximum Gasteiger partial charge on any atom is 0.416 e. The van der Waals surface area contributed by atoms with Gasteiger partial charge in [-0.1, -0.05) is 13.0 Å². The molecule has 4 atom stereocenters. The van der Waals surface area contributed by atoms with Crippen LogP contribution < -0.4 is 0 Å². The van der Waals surface area contributed by atoms with Gasteiger partial charge in [-0.3, -0.25) is 4.79 Å². The molecular formula is C23H28F4N2O. The fraction of sp³-hybridized carbons (Fsp3) is 0.696.